The maximum Gasteiger partial charge on any atom is 0.328 e. The van der Waals surface area contributed by atoms with Crippen molar-refractivity contribution >= 4 is 5.97 Å². The van der Waals surface area contributed by atoms with E-state index in [1.54, 1.807) is 25.1 Å². The van der Waals surface area contributed by atoms with Crippen molar-refractivity contribution in [2.24, 2.45) is 0 Å². The molecule has 0 aliphatic carbocycles. The minimum Gasteiger partial charge on any atom is -0.493 e. The molecule has 5 nitrogen and oxygen atoms in total. The van der Waals surface area contributed by atoms with Gasteiger partial charge in [0, 0.05) is 12.1 Å². The minimum absolute atomic E-state index is 0.147. The molecule has 0 aromatic heterocycles. The van der Waals surface area contributed by atoms with Crippen LogP contribution in [0.3, 0.4) is 0 Å². The molecule has 94 valence electrons. The zero-order valence-corrected chi connectivity index (χ0v) is 10.1. The van der Waals surface area contributed by atoms with Gasteiger partial charge in [-0.25, -0.2) is 4.79 Å². The van der Waals surface area contributed by atoms with Crippen LogP contribution in [0.1, 0.15) is 12.5 Å². The van der Waals surface area contributed by atoms with Crippen LogP contribution >= 0.6 is 0 Å². The Morgan fingerprint density at radius 1 is 1.50 bits per heavy atom. The van der Waals surface area contributed by atoms with Crippen LogP contribution in [0.15, 0.2) is 29.8 Å². The molecule has 0 heterocycles. The molecule has 1 aromatic rings. The summed E-state index contributed by atoms with van der Waals surface area (Å²) in [7, 11) is 1.48. The number of nitrogens with zero attached hydrogens (tertiary/aromatic N) is 1. The summed E-state index contributed by atoms with van der Waals surface area (Å²) >= 11 is 0. The van der Waals surface area contributed by atoms with Crippen molar-refractivity contribution in [2.45, 2.75) is 6.92 Å². The van der Waals surface area contributed by atoms with Gasteiger partial charge in [-0.2, -0.15) is 5.26 Å². The first-order valence-electron chi connectivity index (χ1n) is 5.18. The molecule has 0 saturated carbocycles. The zero-order valence-electron chi connectivity index (χ0n) is 10.1. The van der Waals surface area contributed by atoms with Gasteiger partial charge in [0.15, 0.2) is 11.5 Å². The number of carboxylic acid groups (broad SMARTS) is 1. The number of carboxylic acids is 1. The highest BCUT2D eigenvalue weighted by atomic mass is 16.5. The van der Waals surface area contributed by atoms with E-state index < -0.39 is 5.97 Å². The molecule has 0 radical (unpaired) electrons. The summed E-state index contributed by atoms with van der Waals surface area (Å²) in [5.41, 5.74) is 1.05. The Hall–Kier alpha value is -2.48. The summed E-state index contributed by atoms with van der Waals surface area (Å²) in [5, 5.41) is 17.3. The highest BCUT2D eigenvalue weighted by Gasteiger charge is 2.06. The van der Waals surface area contributed by atoms with E-state index in [1.807, 2.05) is 6.07 Å². The number of carbonyl (C=O) groups is 1. The number of aliphatic carboxylic acids is 1. The third kappa shape index (κ3) is 3.83. The van der Waals surface area contributed by atoms with E-state index >= 15 is 0 Å². The van der Waals surface area contributed by atoms with Gasteiger partial charge < -0.3 is 14.6 Å². The van der Waals surface area contributed by atoms with Crippen LogP contribution in [0.25, 0.3) is 0 Å². The van der Waals surface area contributed by atoms with Gasteiger partial charge in [-0.3, -0.25) is 0 Å². The van der Waals surface area contributed by atoms with Crippen LogP contribution in [0.2, 0.25) is 0 Å². The molecule has 0 atom stereocenters. The van der Waals surface area contributed by atoms with Crippen LogP contribution in [0.5, 0.6) is 11.5 Å². The third-order valence-electron chi connectivity index (χ3n) is 2.12. The number of methoxy groups -OCH3 is 1. The Labute approximate surface area is 105 Å². The van der Waals surface area contributed by atoms with Gasteiger partial charge in [-0.15, -0.1) is 0 Å². The van der Waals surface area contributed by atoms with E-state index in [0.717, 1.165) is 6.08 Å². The van der Waals surface area contributed by atoms with Gasteiger partial charge in [0.05, 0.1) is 18.7 Å². The first-order valence-corrected chi connectivity index (χ1v) is 5.18. The van der Waals surface area contributed by atoms with Crippen LogP contribution in [-0.4, -0.2) is 24.8 Å². The molecule has 18 heavy (non-hydrogen) atoms. The average Bonchev–Trinajstić information content (AvgIpc) is 2.35. The molecule has 0 fully saturated rings. The second kappa shape index (κ2) is 6.30. The molecule has 0 aliphatic heterocycles. The Balaban J connectivity index is 2.79. The normalized spacial score (nSPS) is 10.6. The molecule has 0 unspecified atom stereocenters. The molecular formula is C13H13NO4. The summed E-state index contributed by atoms with van der Waals surface area (Å²) < 4.78 is 10.5. The lowest BCUT2D eigenvalue weighted by molar-refractivity contribution is -0.131. The van der Waals surface area contributed by atoms with Crippen molar-refractivity contribution in [3.63, 3.8) is 0 Å². The topological polar surface area (TPSA) is 79.5 Å². The quantitative estimate of drug-likeness (QED) is 0.805. The summed E-state index contributed by atoms with van der Waals surface area (Å²) in [6.07, 6.45) is 1.08. The monoisotopic (exact) mass is 247 g/mol. The molecule has 0 amide bonds. The molecule has 1 rings (SSSR count). The fourth-order valence-electron chi connectivity index (χ4n) is 1.30. The number of hydrogen-bond donors (Lipinski definition) is 1. The Bertz CT molecular complexity index is 514. The van der Waals surface area contributed by atoms with Gasteiger partial charge in [-0.05, 0) is 24.6 Å². The van der Waals surface area contributed by atoms with Crippen molar-refractivity contribution < 1.29 is 19.4 Å². The molecular weight excluding hydrogens is 234 g/mol. The van der Waals surface area contributed by atoms with Gasteiger partial charge >= 0.3 is 5.97 Å². The predicted molar refractivity (Wildman–Crippen MR) is 64.6 cm³/mol. The lowest BCUT2D eigenvalue weighted by Crippen LogP contribution is -2.02. The molecule has 0 saturated heterocycles. The van der Waals surface area contributed by atoms with Crippen molar-refractivity contribution in [2.75, 3.05) is 13.7 Å². The predicted octanol–water partition coefficient (Wildman–Crippen LogP) is 1.98. The Morgan fingerprint density at radius 2 is 2.22 bits per heavy atom. The SMILES string of the molecule is COc1cc(C#N)ccc1OCC(C)=CC(=O)O. The number of hydrogen-bond acceptors (Lipinski definition) is 4. The third-order valence-corrected chi connectivity index (χ3v) is 2.12. The summed E-state index contributed by atoms with van der Waals surface area (Å²) in [6.45, 7) is 1.80. The first kappa shape index (κ1) is 13.6. The lowest BCUT2D eigenvalue weighted by Gasteiger charge is -2.10. The van der Waals surface area contributed by atoms with Gasteiger partial charge in [0.2, 0.25) is 0 Å². The second-order valence-electron chi connectivity index (χ2n) is 3.60. The Kier molecular flexibility index (Phi) is 4.76. The number of nitriles is 1. The summed E-state index contributed by atoms with van der Waals surface area (Å²) in [5.74, 6) is -0.102. The maximum atomic E-state index is 10.4. The van der Waals surface area contributed by atoms with Crippen LogP contribution in [0, 0.1) is 11.3 Å². The maximum absolute atomic E-state index is 10.4. The number of benzene rings is 1. The highest BCUT2D eigenvalue weighted by Crippen LogP contribution is 2.28. The molecule has 0 aliphatic rings. The van der Waals surface area contributed by atoms with E-state index in [2.05, 4.69) is 0 Å². The van der Waals surface area contributed by atoms with Crippen LogP contribution in [0.4, 0.5) is 0 Å². The second-order valence-corrected chi connectivity index (χ2v) is 3.60. The standard InChI is InChI=1S/C13H13NO4/c1-9(5-13(15)16)8-18-11-4-3-10(7-14)6-12(11)17-2/h3-6H,8H2,1-2H3,(H,15,16). The molecule has 1 N–H and O–H groups in total. The fourth-order valence-corrected chi connectivity index (χ4v) is 1.30. The lowest BCUT2D eigenvalue weighted by atomic mass is 10.2. The van der Waals surface area contributed by atoms with E-state index in [1.165, 1.54) is 7.11 Å². The molecule has 0 spiro atoms. The summed E-state index contributed by atoms with van der Waals surface area (Å²) in [6, 6.07) is 6.78. The molecule has 0 bridgehead atoms. The number of rotatable bonds is 5. The molecule has 1 aromatic carbocycles. The average molecular weight is 247 g/mol. The zero-order chi connectivity index (χ0) is 13.5. The van der Waals surface area contributed by atoms with E-state index in [0.29, 0.717) is 22.6 Å². The van der Waals surface area contributed by atoms with Gasteiger partial charge in [0.1, 0.15) is 6.61 Å². The van der Waals surface area contributed by atoms with Crippen molar-refractivity contribution in [1.29, 1.82) is 5.26 Å². The van der Waals surface area contributed by atoms with Crippen molar-refractivity contribution in [1.82, 2.24) is 0 Å². The van der Waals surface area contributed by atoms with Crippen LogP contribution < -0.4 is 9.47 Å². The Morgan fingerprint density at radius 3 is 2.78 bits per heavy atom. The first-order chi connectivity index (χ1) is 8.56. The van der Waals surface area contributed by atoms with E-state index in [4.69, 9.17) is 19.8 Å². The smallest absolute Gasteiger partial charge is 0.328 e. The molecule has 5 heteroatoms. The fraction of sp³-hybridized carbons (Fsp3) is 0.231. The van der Waals surface area contributed by atoms with E-state index in [9.17, 15) is 4.79 Å². The summed E-state index contributed by atoms with van der Waals surface area (Å²) in [4.78, 5) is 10.4. The van der Waals surface area contributed by atoms with Crippen molar-refractivity contribution in [3.05, 3.63) is 35.4 Å². The minimum atomic E-state index is -1.01. The van der Waals surface area contributed by atoms with E-state index in [-0.39, 0.29) is 6.61 Å². The largest absolute Gasteiger partial charge is 0.493 e. The number of ether oxygens (including phenoxy) is 2. The van der Waals surface area contributed by atoms with Gasteiger partial charge in [0.25, 0.3) is 0 Å². The van der Waals surface area contributed by atoms with Crippen LogP contribution in [-0.2, 0) is 4.79 Å². The van der Waals surface area contributed by atoms with Crippen molar-refractivity contribution in [3.8, 4) is 17.6 Å². The highest BCUT2D eigenvalue weighted by molar-refractivity contribution is 5.80. The van der Waals surface area contributed by atoms with Gasteiger partial charge in [-0.1, -0.05) is 0 Å².